The van der Waals surface area contributed by atoms with Crippen LogP contribution in [0.15, 0.2) is 46.7 Å². The number of hydrogen-bond donors (Lipinski definition) is 2. The highest BCUT2D eigenvalue weighted by Gasteiger charge is 2.26. The molecule has 1 fully saturated rings. The minimum Gasteiger partial charge on any atom is -0.350 e. The molecule has 8 heteroatoms. The second kappa shape index (κ2) is 10.2. The lowest BCUT2D eigenvalue weighted by molar-refractivity contribution is 0.0914. The van der Waals surface area contributed by atoms with E-state index in [1.54, 1.807) is 23.5 Å². The van der Waals surface area contributed by atoms with Crippen LogP contribution in [0.3, 0.4) is 0 Å². The van der Waals surface area contributed by atoms with E-state index in [9.17, 15) is 13.2 Å². The van der Waals surface area contributed by atoms with Gasteiger partial charge in [0.25, 0.3) is 5.91 Å². The lowest BCUT2D eigenvalue weighted by Gasteiger charge is -2.36. The van der Waals surface area contributed by atoms with Crippen LogP contribution in [0.5, 0.6) is 0 Å². The van der Waals surface area contributed by atoms with E-state index in [2.05, 4.69) is 33.8 Å². The summed E-state index contributed by atoms with van der Waals surface area (Å²) in [4.78, 5) is 16.4. The van der Waals surface area contributed by atoms with Gasteiger partial charge in [0.2, 0.25) is 10.0 Å². The zero-order chi connectivity index (χ0) is 21.6. The van der Waals surface area contributed by atoms with Gasteiger partial charge in [0, 0.05) is 17.0 Å². The van der Waals surface area contributed by atoms with Gasteiger partial charge in [-0.3, -0.25) is 9.69 Å². The molecule has 0 bridgehead atoms. The predicted molar refractivity (Wildman–Crippen MR) is 120 cm³/mol. The first-order valence-electron chi connectivity index (χ1n) is 9.99. The van der Waals surface area contributed by atoms with Crippen LogP contribution in [-0.4, -0.2) is 45.4 Å². The first-order chi connectivity index (χ1) is 14.4. The number of sulfonamides is 1. The topological polar surface area (TPSA) is 78.5 Å². The Morgan fingerprint density at radius 2 is 2.07 bits per heavy atom. The van der Waals surface area contributed by atoms with Gasteiger partial charge < -0.3 is 5.32 Å². The van der Waals surface area contributed by atoms with E-state index in [4.69, 9.17) is 6.42 Å². The number of carbonyl (C=O) groups excluding carboxylic acids is 1. The molecule has 0 radical (unpaired) electrons. The molecular weight excluding hydrogens is 418 g/mol. The molecule has 30 heavy (non-hydrogen) atoms. The highest BCUT2D eigenvalue weighted by molar-refractivity contribution is 7.89. The summed E-state index contributed by atoms with van der Waals surface area (Å²) in [5, 5.41) is 5.05. The Bertz CT molecular complexity index is 989. The van der Waals surface area contributed by atoms with Crippen molar-refractivity contribution in [2.45, 2.75) is 30.7 Å². The second-order valence-corrected chi connectivity index (χ2v) is 10.3. The van der Waals surface area contributed by atoms with Gasteiger partial charge in [0.1, 0.15) is 0 Å². The van der Waals surface area contributed by atoms with Crippen LogP contribution in [0, 0.1) is 18.3 Å². The number of rotatable bonds is 8. The normalized spacial score (nSPS) is 16.7. The number of benzene rings is 1. The van der Waals surface area contributed by atoms with Crippen molar-refractivity contribution in [1.29, 1.82) is 0 Å². The van der Waals surface area contributed by atoms with Crippen molar-refractivity contribution >= 4 is 27.3 Å². The lowest BCUT2D eigenvalue weighted by Crippen LogP contribution is -2.41. The highest BCUT2D eigenvalue weighted by Crippen LogP contribution is 2.29. The molecule has 2 aromatic rings. The van der Waals surface area contributed by atoms with Crippen molar-refractivity contribution in [3.8, 4) is 12.3 Å². The molecule has 0 spiro atoms. The first kappa shape index (κ1) is 22.5. The number of nitrogens with one attached hydrogen (secondary N) is 2. The fourth-order valence-electron chi connectivity index (χ4n) is 3.55. The average molecular weight is 446 g/mol. The zero-order valence-electron chi connectivity index (χ0n) is 17.0. The maximum Gasteiger partial charge on any atom is 0.251 e. The van der Waals surface area contributed by atoms with Crippen LogP contribution in [0.2, 0.25) is 0 Å². The fourth-order valence-corrected chi connectivity index (χ4v) is 5.39. The molecule has 2 heterocycles. The van der Waals surface area contributed by atoms with Gasteiger partial charge in [-0.05, 0) is 61.5 Å². The fraction of sp³-hybridized carbons (Fsp3) is 0.409. The number of amides is 1. The number of thiophene rings is 1. The molecule has 2 N–H and O–H groups in total. The van der Waals surface area contributed by atoms with Crippen molar-refractivity contribution in [2.24, 2.45) is 5.92 Å². The zero-order valence-corrected chi connectivity index (χ0v) is 18.6. The molecule has 1 aliphatic heterocycles. The monoisotopic (exact) mass is 445 g/mol. The SMILES string of the molecule is C#CCNS(=O)(=O)c1cccc(C(=O)NC[C@H](c2cccs2)N2CCC(C)CC2)c1. The van der Waals surface area contributed by atoms with E-state index in [1.165, 1.54) is 17.0 Å². The van der Waals surface area contributed by atoms with Crippen LogP contribution < -0.4 is 10.0 Å². The standard InChI is InChI=1S/C22H27N3O3S2/c1-3-11-24-30(27,28)19-7-4-6-18(15-19)22(26)23-16-20(21-8-5-14-29-21)25-12-9-17(2)10-13-25/h1,4-8,14-15,17,20,24H,9-13,16H2,2H3,(H,23,26)/t20-/m1/s1. The largest absolute Gasteiger partial charge is 0.350 e. The summed E-state index contributed by atoms with van der Waals surface area (Å²) in [7, 11) is -3.75. The smallest absolute Gasteiger partial charge is 0.251 e. The van der Waals surface area contributed by atoms with Gasteiger partial charge >= 0.3 is 0 Å². The second-order valence-electron chi connectivity index (χ2n) is 7.52. The van der Waals surface area contributed by atoms with Crippen LogP contribution in [0.25, 0.3) is 0 Å². The van der Waals surface area contributed by atoms with Gasteiger partial charge in [-0.25, -0.2) is 8.42 Å². The molecule has 6 nitrogen and oxygen atoms in total. The summed E-state index contributed by atoms with van der Waals surface area (Å²) in [6.07, 6.45) is 7.43. The Labute approximate surface area is 182 Å². The molecule has 1 aromatic carbocycles. The Balaban J connectivity index is 1.70. The molecule has 1 aliphatic rings. The molecule has 1 saturated heterocycles. The molecule has 0 saturated carbocycles. The van der Waals surface area contributed by atoms with Gasteiger partial charge in [0.15, 0.2) is 0 Å². The summed E-state index contributed by atoms with van der Waals surface area (Å²) in [5.41, 5.74) is 0.302. The van der Waals surface area contributed by atoms with E-state index in [1.807, 2.05) is 11.4 Å². The van der Waals surface area contributed by atoms with Crippen LogP contribution >= 0.6 is 11.3 Å². The number of carbonyl (C=O) groups is 1. The third-order valence-electron chi connectivity index (χ3n) is 5.36. The van der Waals surface area contributed by atoms with Crippen LogP contribution in [0.1, 0.15) is 41.0 Å². The maximum absolute atomic E-state index is 12.8. The number of hydrogen-bond acceptors (Lipinski definition) is 5. The minimum atomic E-state index is -3.75. The number of terminal acetylenes is 1. The Morgan fingerprint density at radius 1 is 1.30 bits per heavy atom. The Kier molecular flexibility index (Phi) is 7.67. The molecule has 1 amide bonds. The third kappa shape index (κ3) is 5.70. The number of piperidine rings is 1. The quantitative estimate of drug-likeness (QED) is 0.613. The minimum absolute atomic E-state index is 0.0187. The summed E-state index contributed by atoms with van der Waals surface area (Å²) >= 11 is 1.69. The van der Waals surface area contributed by atoms with Crippen molar-refractivity contribution in [2.75, 3.05) is 26.2 Å². The summed E-state index contributed by atoms with van der Waals surface area (Å²) in [5.74, 6) is 2.67. The van der Waals surface area contributed by atoms with E-state index in [0.29, 0.717) is 12.1 Å². The molecule has 0 aliphatic carbocycles. The molecular formula is C22H27N3O3S2. The first-order valence-corrected chi connectivity index (χ1v) is 12.4. The number of nitrogens with zero attached hydrogens (tertiary/aromatic N) is 1. The van der Waals surface area contributed by atoms with Gasteiger partial charge in [0.05, 0.1) is 17.5 Å². The Hall–Kier alpha value is -2.18. The molecule has 0 unspecified atom stereocenters. The average Bonchev–Trinajstić information content (AvgIpc) is 3.28. The van der Waals surface area contributed by atoms with Crippen molar-refractivity contribution in [3.05, 3.63) is 52.2 Å². The van der Waals surface area contributed by atoms with Gasteiger partial charge in [-0.15, -0.1) is 17.8 Å². The van der Waals surface area contributed by atoms with Crippen LogP contribution in [-0.2, 0) is 10.0 Å². The summed E-state index contributed by atoms with van der Waals surface area (Å²) in [6, 6.07) is 10.2. The van der Waals surface area contributed by atoms with E-state index >= 15 is 0 Å². The summed E-state index contributed by atoms with van der Waals surface area (Å²) < 4.78 is 26.9. The van der Waals surface area contributed by atoms with Crippen molar-refractivity contribution < 1.29 is 13.2 Å². The lowest BCUT2D eigenvalue weighted by atomic mass is 9.97. The van der Waals surface area contributed by atoms with E-state index < -0.39 is 10.0 Å². The van der Waals surface area contributed by atoms with Crippen molar-refractivity contribution in [3.63, 3.8) is 0 Å². The molecule has 1 aromatic heterocycles. The highest BCUT2D eigenvalue weighted by atomic mass is 32.2. The third-order valence-corrected chi connectivity index (χ3v) is 7.73. The van der Waals surface area contributed by atoms with Crippen LogP contribution in [0.4, 0.5) is 0 Å². The molecule has 3 rings (SSSR count). The maximum atomic E-state index is 12.8. The molecule has 160 valence electrons. The summed E-state index contributed by atoms with van der Waals surface area (Å²) in [6.45, 7) is 4.66. The number of likely N-dealkylation sites (tertiary alicyclic amines) is 1. The van der Waals surface area contributed by atoms with Gasteiger partial charge in [-0.2, -0.15) is 4.72 Å². The van der Waals surface area contributed by atoms with Crippen molar-refractivity contribution in [1.82, 2.24) is 14.9 Å². The Morgan fingerprint density at radius 3 is 2.73 bits per heavy atom. The molecule has 1 atom stereocenters. The van der Waals surface area contributed by atoms with E-state index in [-0.39, 0.29) is 23.4 Å². The van der Waals surface area contributed by atoms with Gasteiger partial charge in [-0.1, -0.05) is 25.0 Å². The predicted octanol–water partition coefficient (Wildman–Crippen LogP) is 2.86. The van der Waals surface area contributed by atoms with E-state index in [0.717, 1.165) is 31.8 Å².